The molecular weight excluding hydrogens is 194 g/mol. The van der Waals surface area contributed by atoms with Gasteiger partial charge in [-0.15, -0.1) is 0 Å². The van der Waals surface area contributed by atoms with Crippen LogP contribution in [0.1, 0.15) is 23.8 Å². The van der Waals surface area contributed by atoms with Gasteiger partial charge < -0.3 is 10.1 Å². The molecule has 1 N–H and O–H groups in total. The fourth-order valence-electron chi connectivity index (χ4n) is 1.35. The molecule has 2 unspecified atom stereocenters. The van der Waals surface area contributed by atoms with Crippen molar-refractivity contribution in [2.24, 2.45) is 5.92 Å². The lowest BCUT2D eigenvalue weighted by Crippen LogP contribution is -2.10. The van der Waals surface area contributed by atoms with Crippen molar-refractivity contribution in [3.8, 4) is 0 Å². The number of esters is 1. The first-order chi connectivity index (χ1) is 7.20. The highest BCUT2D eigenvalue weighted by molar-refractivity contribution is 5.87. The number of methoxy groups -OCH3 is 1. The number of hydrogen-bond donors (Lipinski definition) is 1. The second kappa shape index (κ2) is 3.84. The van der Waals surface area contributed by atoms with Crippen molar-refractivity contribution in [1.29, 1.82) is 0 Å². The third-order valence-electron chi connectivity index (χ3n) is 2.47. The molecule has 0 radical (unpaired) electrons. The van der Waals surface area contributed by atoms with Gasteiger partial charge in [0.1, 0.15) is 5.82 Å². The molecule has 2 atom stereocenters. The Bertz CT molecular complexity index is 381. The van der Waals surface area contributed by atoms with E-state index in [0.717, 1.165) is 6.42 Å². The largest absolute Gasteiger partial charge is 0.464 e. The number of aromatic nitrogens is 2. The average Bonchev–Trinajstić information content (AvgIpc) is 2.93. The molecule has 80 valence electrons. The predicted molar refractivity (Wildman–Crippen MR) is 54.6 cm³/mol. The van der Waals surface area contributed by atoms with Crippen LogP contribution >= 0.6 is 0 Å². The maximum Gasteiger partial charge on any atom is 0.358 e. The Morgan fingerprint density at radius 2 is 2.33 bits per heavy atom. The predicted octanol–water partition coefficient (Wildman–Crippen LogP) is 1.08. The van der Waals surface area contributed by atoms with E-state index in [9.17, 15) is 4.79 Å². The number of carbonyl (C=O) groups is 1. The maximum atomic E-state index is 11.2. The quantitative estimate of drug-likeness (QED) is 0.751. The second-order valence-electron chi connectivity index (χ2n) is 3.74. The molecule has 1 fully saturated rings. The maximum absolute atomic E-state index is 11.2. The Hall–Kier alpha value is -1.65. The number of rotatable bonds is 3. The topological polar surface area (TPSA) is 64.1 Å². The summed E-state index contributed by atoms with van der Waals surface area (Å²) in [7, 11) is 1.33. The van der Waals surface area contributed by atoms with Gasteiger partial charge in [-0.05, 0) is 12.3 Å². The summed E-state index contributed by atoms with van der Waals surface area (Å²) in [6, 6.07) is 0.465. The lowest BCUT2D eigenvalue weighted by molar-refractivity contribution is 0.0593. The Morgan fingerprint density at radius 1 is 1.60 bits per heavy atom. The minimum atomic E-state index is -0.463. The zero-order valence-corrected chi connectivity index (χ0v) is 8.73. The van der Waals surface area contributed by atoms with E-state index in [4.69, 9.17) is 0 Å². The molecule has 0 saturated heterocycles. The van der Waals surface area contributed by atoms with E-state index in [1.54, 1.807) is 6.20 Å². The number of ether oxygens (including phenoxy) is 1. The molecular formula is C10H13N3O2. The number of hydrogen-bond acceptors (Lipinski definition) is 5. The summed E-state index contributed by atoms with van der Waals surface area (Å²) < 4.78 is 4.56. The van der Waals surface area contributed by atoms with Crippen LogP contribution in [0.2, 0.25) is 0 Å². The summed E-state index contributed by atoms with van der Waals surface area (Å²) >= 11 is 0. The molecule has 15 heavy (non-hydrogen) atoms. The zero-order chi connectivity index (χ0) is 10.8. The molecule has 0 aliphatic heterocycles. The third-order valence-corrected chi connectivity index (χ3v) is 2.47. The van der Waals surface area contributed by atoms with Crippen molar-refractivity contribution in [2.45, 2.75) is 19.4 Å². The zero-order valence-electron chi connectivity index (χ0n) is 8.73. The summed E-state index contributed by atoms with van der Waals surface area (Å²) in [5.74, 6) is 0.843. The van der Waals surface area contributed by atoms with Crippen molar-refractivity contribution in [3.63, 3.8) is 0 Å². The minimum absolute atomic E-state index is 0.232. The van der Waals surface area contributed by atoms with Gasteiger partial charge in [0.2, 0.25) is 0 Å². The van der Waals surface area contributed by atoms with Gasteiger partial charge in [0, 0.05) is 6.04 Å². The molecule has 0 spiro atoms. The molecule has 1 aromatic heterocycles. The van der Waals surface area contributed by atoms with E-state index in [0.29, 0.717) is 17.8 Å². The van der Waals surface area contributed by atoms with Gasteiger partial charge in [-0.25, -0.2) is 9.78 Å². The van der Waals surface area contributed by atoms with Crippen molar-refractivity contribution < 1.29 is 9.53 Å². The molecule has 0 aromatic carbocycles. The van der Waals surface area contributed by atoms with Crippen molar-refractivity contribution in [3.05, 3.63) is 18.1 Å². The van der Waals surface area contributed by atoms with Gasteiger partial charge in [0.05, 0.1) is 19.5 Å². The number of nitrogens with zero attached hydrogens (tertiary/aromatic N) is 2. The normalized spacial score (nSPS) is 23.3. The van der Waals surface area contributed by atoms with Crippen LogP contribution in [0.4, 0.5) is 5.82 Å². The first-order valence-corrected chi connectivity index (χ1v) is 4.87. The van der Waals surface area contributed by atoms with Crippen LogP contribution in [-0.4, -0.2) is 29.1 Å². The lowest BCUT2D eigenvalue weighted by atomic mass is 10.4. The summed E-state index contributed by atoms with van der Waals surface area (Å²) in [4.78, 5) is 19.2. The lowest BCUT2D eigenvalue weighted by Gasteiger charge is -2.04. The highest BCUT2D eigenvalue weighted by Crippen LogP contribution is 2.31. The van der Waals surface area contributed by atoms with Gasteiger partial charge in [-0.3, -0.25) is 4.98 Å². The summed E-state index contributed by atoms with van der Waals surface area (Å²) in [5, 5.41) is 3.20. The number of nitrogens with one attached hydrogen (secondary N) is 1. The Kier molecular flexibility index (Phi) is 2.53. The van der Waals surface area contributed by atoms with Crippen molar-refractivity contribution in [1.82, 2.24) is 9.97 Å². The van der Waals surface area contributed by atoms with E-state index in [1.807, 2.05) is 0 Å². The molecule has 1 saturated carbocycles. The fourth-order valence-corrected chi connectivity index (χ4v) is 1.35. The highest BCUT2D eigenvalue weighted by Gasteiger charge is 2.32. The SMILES string of the molecule is COC(=O)c1cncc(NC2CC2C)n1. The van der Waals surface area contributed by atoms with Crippen LogP contribution in [-0.2, 0) is 4.74 Å². The van der Waals surface area contributed by atoms with Gasteiger partial charge in [-0.2, -0.15) is 0 Å². The van der Waals surface area contributed by atoms with E-state index in [2.05, 4.69) is 26.9 Å². The molecule has 5 heteroatoms. The van der Waals surface area contributed by atoms with Crippen LogP contribution in [0.15, 0.2) is 12.4 Å². The summed E-state index contributed by atoms with van der Waals surface area (Å²) in [6.07, 6.45) is 4.15. The van der Waals surface area contributed by atoms with Gasteiger partial charge >= 0.3 is 5.97 Å². The Labute approximate surface area is 87.9 Å². The third kappa shape index (κ3) is 2.23. The minimum Gasteiger partial charge on any atom is -0.464 e. The van der Waals surface area contributed by atoms with Crippen LogP contribution < -0.4 is 5.32 Å². The Morgan fingerprint density at radius 3 is 2.93 bits per heavy atom. The van der Waals surface area contributed by atoms with Gasteiger partial charge in [0.15, 0.2) is 5.69 Å². The fraction of sp³-hybridized carbons (Fsp3) is 0.500. The monoisotopic (exact) mass is 207 g/mol. The average molecular weight is 207 g/mol. The molecule has 1 aliphatic carbocycles. The first-order valence-electron chi connectivity index (χ1n) is 4.87. The van der Waals surface area contributed by atoms with Crippen LogP contribution in [0, 0.1) is 5.92 Å². The number of anilines is 1. The van der Waals surface area contributed by atoms with E-state index >= 15 is 0 Å². The van der Waals surface area contributed by atoms with E-state index < -0.39 is 5.97 Å². The van der Waals surface area contributed by atoms with Crippen LogP contribution in [0.25, 0.3) is 0 Å². The molecule has 1 aliphatic rings. The van der Waals surface area contributed by atoms with Crippen molar-refractivity contribution in [2.75, 3.05) is 12.4 Å². The van der Waals surface area contributed by atoms with E-state index in [1.165, 1.54) is 13.3 Å². The molecule has 0 bridgehead atoms. The summed E-state index contributed by atoms with van der Waals surface area (Å²) in [6.45, 7) is 2.16. The number of carbonyl (C=O) groups excluding carboxylic acids is 1. The molecule has 1 aromatic rings. The molecule has 2 rings (SSSR count). The molecule has 1 heterocycles. The van der Waals surface area contributed by atoms with Crippen LogP contribution in [0.5, 0.6) is 0 Å². The summed E-state index contributed by atoms with van der Waals surface area (Å²) in [5.41, 5.74) is 0.232. The van der Waals surface area contributed by atoms with Gasteiger partial charge in [-0.1, -0.05) is 6.92 Å². The van der Waals surface area contributed by atoms with Crippen LogP contribution in [0.3, 0.4) is 0 Å². The Balaban J connectivity index is 2.08. The molecule has 5 nitrogen and oxygen atoms in total. The standard InChI is InChI=1S/C10H13N3O2/c1-6-3-7(6)12-9-5-11-4-8(13-9)10(14)15-2/h4-7H,3H2,1-2H3,(H,12,13). The molecule has 0 amide bonds. The van der Waals surface area contributed by atoms with E-state index in [-0.39, 0.29) is 5.69 Å². The van der Waals surface area contributed by atoms with Gasteiger partial charge in [0.25, 0.3) is 0 Å². The van der Waals surface area contributed by atoms with Crippen molar-refractivity contribution >= 4 is 11.8 Å². The first kappa shape index (κ1) is 9.89. The second-order valence-corrected chi connectivity index (χ2v) is 3.74. The smallest absolute Gasteiger partial charge is 0.358 e. The highest BCUT2D eigenvalue weighted by atomic mass is 16.5.